The van der Waals surface area contributed by atoms with Gasteiger partial charge >= 0.3 is 11.9 Å². The monoisotopic (exact) mass is 358 g/mol. The normalized spacial score (nSPS) is 46.5. The highest BCUT2D eigenvalue weighted by molar-refractivity contribution is 5.84. The topological polar surface area (TPSA) is 52.6 Å². The third-order valence-electron chi connectivity index (χ3n) is 8.52. The molecular weight excluding hydrogens is 328 g/mol. The van der Waals surface area contributed by atoms with Crippen molar-refractivity contribution in [1.29, 1.82) is 0 Å². The second-order valence-corrected chi connectivity index (χ2v) is 9.10. The average molecular weight is 358 g/mol. The van der Waals surface area contributed by atoms with Gasteiger partial charge in [0.1, 0.15) is 0 Å². The molecule has 142 valence electrons. The molecule has 4 heteroatoms. The van der Waals surface area contributed by atoms with Gasteiger partial charge in [0.25, 0.3) is 0 Å². The number of ether oxygens (including phenoxy) is 2. The lowest BCUT2D eigenvalue weighted by Crippen LogP contribution is -2.49. The molecule has 4 fully saturated rings. The number of esters is 2. The van der Waals surface area contributed by atoms with E-state index in [0.717, 1.165) is 44.1 Å². The van der Waals surface area contributed by atoms with Crippen LogP contribution < -0.4 is 0 Å². The molecule has 0 radical (unpaired) electrons. The van der Waals surface area contributed by atoms with Gasteiger partial charge in [-0.2, -0.15) is 0 Å². The lowest BCUT2D eigenvalue weighted by molar-refractivity contribution is -0.164. The predicted molar refractivity (Wildman–Crippen MR) is 98.0 cm³/mol. The Balaban J connectivity index is 1.95. The minimum Gasteiger partial charge on any atom is -0.469 e. The molecule has 4 aliphatic rings. The van der Waals surface area contributed by atoms with E-state index in [1.165, 1.54) is 19.8 Å². The van der Waals surface area contributed by atoms with Gasteiger partial charge in [0.05, 0.1) is 25.6 Å². The van der Waals surface area contributed by atoms with Gasteiger partial charge < -0.3 is 9.47 Å². The highest BCUT2D eigenvalue weighted by Gasteiger charge is 2.76. The molecule has 0 heterocycles. The van der Waals surface area contributed by atoms with Crippen molar-refractivity contribution in [2.75, 3.05) is 14.2 Å². The van der Waals surface area contributed by atoms with Crippen LogP contribution in [0.2, 0.25) is 0 Å². The number of allylic oxidation sites excluding steroid dienone is 2. The zero-order valence-electron chi connectivity index (χ0n) is 16.2. The van der Waals surface area contributed by atoms with E-state index in [1.54, 1.807) is 0 Å². The maximum absolute atomic E-state index is 13.3. The van der Waals surface area contributed by atoms with Crippen molar-refractivity contribution in [3.05, 3.63) is 24.3 Å². The van der Waals surface area contributed by atoms with Crippen LogP contribution in [0.4, 0.5) is 0 Å². The zero-order chi connectivity index (χ0) is 18.9. The van der Waals surface area contributed by atoms with Crippen LogP contribution in [0.15, 0.2) is 24.3 Å². The van der Waals surface area contributed by atoms with Gasteiger partial charge in [-0.05, 0) is 67.6 Å². The van der Waals surface area contributed by atoms with Gasteiger partial charge in [-0.15, -0.1) is 0 Å². The first-order valence-electron chi connectivity index (χ1n) is 9.85. The summed E-state index contributed by atoms with van der Waals surface area (Å²) in [6, 6.07) is 0. The Bertz CT molecular complexity index is 694. The SMILES string of the molecule is C=C1C[C@]23C[C@H]1CC[C@H]2[C@]1(C(=O)OC)CCC(=C)[C@H](C)[C@H]1[C@@H]3C(=O)OC. The van der Waals surface area contributed by atoms with Crippen LogP contribution >= 0.6 is 0 Å². The van der Waals surface area contributed by atoms with E-state index < -0.39 is 5.41 Å². The van der Waals surface area contributed by atoms with Crippen LogP contribution in [-0.4, -0.2) is 26.2 Å². The fourth-order valence-corrected chi connectivity index (χ4v) is 7.58. The van der Waals surface area contributed by atoms with Crippen molar-refractivity contribution in [3.8, 4) is 0 Å². The first-order valence-corrected chi connectivity index (χ1v) is 9.85. The molecule has 4 aliphatic carbocycles. The van der Waals surface area contributed by atoms with E-state index >= 15 is 0 Å². The molecule has 0 saturated heterocycles. The molecule has 26 heavy (non-hydrogen) atoms. The number of methoxy groups -OCH3 is 2. The Labute approximate surface area is 156 Å². The smallest absolute Gasteiger partial charge is 0.312 e. The van der Waals surface area contributed by atoms with E-state index in [-0.39, 0.29) is 41.0 Å². The van der Waals surface area contributed by atoms with E-state index in [4.69, 9.17) is 9.47 Å². The zero-order valence-corrected chi connectivity index (χ0v) is 16.2. The quantitative estimate of drug-likeness (QED) is 0.555. The van der Waals surface area contributed by atoms with E-state index in [0.29, 0.717) is 5.92 Å². The average Bonchev–Trinajstić information content (AvgIpc) is 3.05. The minimum atomic E-state index is -0.593. The molecule has 1 spiro atoms. The second-order valence-electron chi connectivity index (χ2n) is 9.10. The lowest BCUT2D eigenvalue weighted by atomic mass is 9.56. The number of hydrogen-bond acceptors (Lipinski definition) is 4. The Morgan fingerprint density at radius 1 is 1.12 bits per heavy atom. The summed E-state index contributed by atoms with van der Waals surface area (Å²) >= 11 is 0. The van der Waals surface area contributed by atoms with Crippen molar-refractivity contribution in [3.63, 3.8) is 0 Å². The van der Waals surface area contributed by atoms with Gasteiger partial charge in [0.15, 0.2) is 0 Å². The van der Waals surface area contributed by atoms with Gasteiger partial charge in [0, 0.05) is 0 Å². The van der Waals surface area contributed by atoms with Crippen LogP contribution in [-0.2, 0) is 19.1 Å². The lowest BCUT2D eigenvalue weighted by Gasteiger charge is -2.47. The van der Waals surface area contributed by atoms with Gasteiger partial charge in [0.2, 0.25) is 0 Å². The summed E-state index contributed by atoms with van der Waals surface area (Å²) in [5, 5.41) is 0. The molecule has 0 aliphatic heterocycles. The van der Waals surface area contributed by atoms with Gasteiger partial charge in [-0.3, -0.25) is 9.59 Å². The highest BCUT2D eigenvalue weighted by atomic mass is 16.5. The van der Waals surface area contributed by atoms with Crippen LogP contribution in [0.5, 0.6) is 0 Å². The molecule has 2 bridgehead atoms. The molecular formula is C22H30O4. The molecule has 7 atom stereocenters. The third-order valence-corrected chi connectivity index (χ3v) is 8.52. The first kappa shape index (κ1) is 17.8. The second kappa shape index (κ2) is 5.71. The number of hydrogen-bond donors (Lipinski definition) is 0. The molecule has 0 amide bonds. The molecule has 4 rings (SSSR count). The summed E-state index contributed by atoms with van der Waals surface area (Å²) in [5.41, 5.74) is 1.60. The maximum Gasteiger partial charge on any atom is 0.312 e. The van der Waals surface area contributed by atoms with Crippen molar-refractivity contribution < 1.29 is 19.1 Å². The fourth-order valence-electron chi connectivity index (χ4n) is 7.58. The number of carbonyl (C=O) groups excluding carboxylic acids is 2. The summed E-state index contributed by atoms with van der Waals surface area (Å²) in [6.07, 6.45) is 5.42. The summed E-state index contributed by atoms with van der Waals surface area (Å²) in [6.45, 7) is 10.7. The van der Waals surface area contributed by atoms with Gasteiger partial charge in [-0.1, -0.05) is 31.2 Å². The predicted octanol–water partition coefficient (Wildman–Crippen LogP) is 3.91. The van der Waals surface area contributed by atoms with Crippen LogP contribution in [0.1, 0.15) is 45.4 Å². The van der Waals surface area contributed by atoms with Crippen molar-refractivity contribution in [1.82, 2.24) is 0 Å². The van der Waals surface area contributed by atoms with E-state index in [2.05, 4.69) is 20.1 Å². The summed E-state index contributed by atoms with van der Waals surface area (Å²) in [7, 11) is 2.96. The fraction of sp³-hybridized carbons (Fsp3) is 0.727. The first-order chi connectivity index (χ1) is 12.3. The summed E-state index contributed by atoms with van der Waals surface area (Å²) in [5.74, 6) is 0.105. The molecule has 0 unspecified atom stereocenters. The van der Waals surface area contributed by atoms with Crippen molar-refractivity contribution in [2.45, 2.75) is 45.4 Å². The largest absolute Gasteiger partial charge is 0.469 e. The third kappa shape index (κ3) is 1.91. The van der Waals surface area contributed by atoms with Crippen LogP contribution in [0, 0.1) is 40.4 Å². The van der Waals surface area contributed by atoms with E-state index in [9.17, 15) is 9.59 Å². The minimum absolute atomic E-state index is 0.0849. The Morgan fingerprint density at radius 2 is 1.85 bits per heavy atom. The van der Waals surface area contributed by atoms with E-state index in [1.807, 2.05) is 0 Å². The standard InChI is InChI=1S/C22H30O4/c1-12-8-9-22(20(24)26-5)16-7-6-15-11-21(16,10-13(15)2)18(19(23)25-4)17(22)14(12)3/h14-18H,1-2,6-11H2,3-5H3/t14-,15+,16+,17-,18+,21-,22+/m0/s1. The summed E-state index contributed by atoms with van der Waals surface area (Å²) < 4.78 is 10.7. The van der Waals surface area contributed by atoms with Crippen molar-refractivity contribution >= 4 is 11.9 Å². The van der Waals surface area contributed by atoms with Crippen molar-refractivity contribution in [2.24, 2.45) is 40.4 Å². The highest BCUT2D eigenvalue weighted by Crippen LogP contribution is 2.76. The molecule has 0 aromatic heterocycles. The van der Waals surface area contributed by atoms with Gasteiger partial charge in [-0.25, -0.2) is 0 Å². The summed E-state index contributed by atoms with van der Waals surface area (Å²) in [4.78, 5) is 26.3. The maximum atomic E-state index is 13.3. The molecule has 4 saturated carbocycles. The number of rotatable bonds is 2. The number of fused-ring (bicyclic) bond motifs is 3. The Hall–Kier alpha value is -1.58. The molecule has 0 N–H and O–H groups in total. The van der Waals surface area contributed by atoms with Crippen LogP contribution in [0.25, 0.3) is 0 Å². The number of carbonyl (C=O) groups is 2. The molecule has 0 aromatic carbocycles. The Kier molecular flexibility index (Phi) is 3.91. The molecule has 4 nitrogen and oxygen atoms in total. The Morgan fingerprint density at radius 3 is 2.50 bits per heavy atom. The molecule has 0 aromatic rings. The van der Waals surface area contributed by atoms with Crippen LogP contribution in [0.3, 0.4) is 0 Å².